The van der Waals surface area contributed by atoms with Gasteiger partial charge in [0.05, 0.1) is 16.3 Å². The van der Waals surface area contributed by atoms with Crippen LogP contribution in [0.2, 0.25) is 5.02 Å². The van der Waals surface area contributed by atoms with Crippen molar-refractivity contribution >= 4 is 33.4 Å². The van der Waals surface area contributed by atoms with Gasteiger partial charge in [0, 0.05) is 41.3 Å². The van der Waals surface area contributed by atoms with Crippen LogP contribution in [0.1, 0.15) is 21.6 Å². The Morgan fingerprint density at radius 3 is 2.77 bits per heavy atom. The van der Waals surface area contributed by atoms with E-state index in [4.69, 9.17) is 16.6 Å². The van der Waals surface area contributed by atoms with Gasteiger partial charge in [-0.3, -0.25) is 4.79 Å². The highest BCUT2D eigenvalue weighted by Crippen LogP contribution is 2.26. The lowest BCUT2D eigenvalue weighted by atomic mass is 10.1. The molecule has 0 saturated carbocycles. The molecule has 4 nitrogen and oxygen atoms in total. The molecule has 4 rings (SSSR count). The summed E-state index contributed by atoms with van der Waals surface area (Å²) in [7, 11) is 0. The molecule has 0 aliphatic carbocycles. The largest absolute Gasteiger partial charge is 0.334 e. The predicted molar refractivity (Wildman–Crippen MR) is 105 cm³/mol. The van der Waals surface area contributed by atoms with E-state index in [0.717, 1.165) is 27.1 Å². The highest BCUT2D eigenvalue weighted by molar-refractivity contribution is 9.10. The molecule has 0 radical (unpaired) electrons. The Balaban J connectivity index is 1.58. The number of benzene rings is 2. The van der Waals surface area contributed by atoms with Gasteiger partial charge in [-0.15, -0.1) is 0 Å². The highest BCUT2D eigenvalue weighted by atomic mass is 79.9. The number of carbonyl (C=O) groups is 1. The Labute approximate surface area is 165 Å². The fourth-order valence-electron chi connectivity index (χ4n) is 3.05. The van der Waals surface area contributed by atoms with Crippen molar-refractivity contribution in [3.05, 3.63) is 81.0 Å². The Hall–Kier alpha value is -2.24. The van der Waals surface area contributed by atoms with Crippen LogP contribution in [-0.2, 0) is 13.0 Å². The lowest BCUT2D eigenvalue weighted by Gasteiger charge is -2.28. The summed E-state index contributed by atoms with van der Waals surface area (Å²) in [5.41, 5.74) is 3.49. The first-order valence-electron chi connectivity index (χ1n) is 8.26. The van der Waals surface area contributed by atoms with Crippen molar-refractivity contribution < 1.29 is 4.79 Å². The van der Waals surface area contributed by atoms with Gasteiger partial charge in [0.25, 0.3) is 5.91 Å². The van der Waals surface area contributed by atoms with E-state index >= 15 is 0 Å². The molecular weight excluding hydrogens is 414 g/mol. The minimum Gasteiger partial charge on any atom is -0.334 e. The molecule has 6 heteroatoms. The van der Waals surface area contributed by atoms with Crippen molar-refractivity contribution in [2.75, 3.05) is 6.54 Å². The maximum absolute atomic E-state index is 12.9. The molecule has 3 aromatic rings. The molecule has 0 bridgehead atoms. The molecule has 1 amide bonds. The summed E-state index contributed by atoms with van der Waals surface area (Å²) in [5.74, 6) is 0.647. The van der Waals surface area contributed by atoms with Crippen molar-refractivity contribution in [2.45, 2.75) is 13.0 Å². The van der Waals surface area contributed by atoms with E-state index in [0.29, 0.717) is 30.1 Å². The van der Waals surface area contributed by atoms with Gasteiger partial charge in [-0.25, -0.2) is 9.97 Å². The molecule has 2 aromatic carbocycles. The van der Waals surface area contributed by atoms with Gasteiger partial charge in [-0.05, 0) is 18.2 Å². The summed E-state index contributed by atoms with van der Waals surface area (Å²) in [6.07, 6.45) is 2.53. The number of rotatable bonds is 2. The van der Waals surface area contributed by atoms with E-state index in [1.54, 1.807) is 17.0 Å². The molecular formula is C20H15BrClN3O. The molecule has 1 aliphatic rings. The van der Waals surface area contributed by atoms with Crippen molar-refractivity contribution in [3.63, 3.8) is 0 Å². The van der Waals surface area contributed by atoms with E-state index in [1.165, 1.54) is 0 Å². The van der Waals surface area contributed by atoms with Crippen LogP contribution in [0.15, 0.2) is 59.2 Å². The fraction of sp³-hybridized carbons (Fsp3) is 0.150. The monoisotopic (exact) mass is 427 g/mol. The Morgan fingerprint density at radius 1 is 1.15 bits per heavy atom. The average Bonchev–Trinajstić information content (AvgIpc) is 2.69. The molecule has 0 spiro atoms. The third-order valence-corrected chi connectivity index (χ3v) is 5.23. The van der Waals surface area contributed by atoms with Gasteiger partial charge < -0.3 is 4.90 Å². The van der Waals surface area contributed by atoms with Crippen LogP contribution < -0.4 is 0 Å². The SMILES string of the molecule is O=C(c1cc(Br)ccc1Cl)N1CCc2nc(-c3ccccc3)ncc2C1. The van der Waals surface area contributed by atoms with E-state index in [9.17, 15) is 4.79 Å². The van der Waals surface area contributed by atoms with Crippen LogP contribution in [0.3, 0.4) is 0 Å². The first kappa shape index (κ1) is 17.2. The van der Waals surface area contributed by atoms with Crippen molar-refractivity contribution in [1.82, 2.24) is 14.9 Å². The number of amides is 1. The van der Waals surface area contributed by atoms with Crippen LogP contribution >= 0.6 is 27.5 Å². The Morgan fingerprint density at radius 2 is 1.96 bits per heavy atom. The van der Waals surface area contributed by atoms with Crippen LogP contribution in [0.4, 0.5) is 0 Å². The van der Waals surface area contributed by atoms with Crippen molar-refractivity contribution in [2.24, 2.45) is 0 Å². The summed E-state index contributed by atoms with van der Waals surface area (Å²) in [6, 6.07) is 15.2. The molecule has 1 aliphatic heterocycles. The number of aromatic nitrogens is 2. The van der Waals surface area contributed by atoms with Gasteiger partial charge in [0.15, 0.2) is 5.82 Å². The maximum atomic E-state index is 12.9. The number of halogens is 2. The van der Waals surface area contributed by atoms with E-state index in [2.05, 4.69) is 20.9 Å². The second-order valence-electron chi connectivity index (χ2n) is 6.13. The minimum absolute atomic E-state index is 0.0749. The fourth-order valence-corrected chi connectivity index (χ4v) is 3.61. The zero-order valence-corrected chi connectivity index (χ0v) is 16.2. The van der Waals surface area contributed by atoms with Crippen LogP contribution in [-0.4, -0.2) is 27.3 Å². The molecule has 26 heavy (non-hydrogen) atoms. The molecule has 0 N–H and O–H groups in total. The van der Waals surface area contributed by atoms with Crippen LogP contribution in [0.5, 0.6) is 0 Å². The van der Waals surface area contributed by atoms with Crippen molar-refractivity contribution in [3.8, 4) is 11.4 Å². The first-order chi connectivity index (χ1) is 12.6. The third kappa shape index (κ3) is 3.37. The summed E-state index contributed by atoms with van der Waals surface area (Å²) < 4.78 is 0.832. The lowest BCUT2D eigenvalue weighted by molar-refractivity contribution is 0.0733. The van der Waals surface area contributed by atoms with Gasteiger partial charge in [0.1, 0.15) is 0 Å². The molecule has 0 fully saturated rings. The first-order valence-corrected chi connectivity index (χ1v) is 9.43. The minimum atomic E-state index is -0.0749. The zero-order chi connectivity index (χ0) is 18.1. The summed E-state index contributed by atoms with van der Waals surface area (Å²) in [4.78, 5) is 23.8. The molecule has 0 unspecified atom stereocenters. The summed E-state index contributed by atoms with van der Waals surface area (Å²) in [6.45, 7) is 1.10. The number of hydrogen-bond acceptors (Lipinski definition) is 3. The molecule has 130 valence electrons. The standard InChI is InChI=1S/C20H15BrClN3O/c21-15-6-7-17(22)16(10-15)20(26)25-9-8-18-14(12-25)11-23-19(24-18)13-4-2-1-3-5-13/h1-7,10-11H,8-9,12H2. The highest BCUT2D eigenvalue weighted by Gasteiger charge is 2.25. The smallest absolute Gasteiger partial charge is 0.255 e. The van der Waals surface area contributed by atoms with Crippen LogP contribution in [0, 0.1) is 0 Å². The average molecular weight is 429 g/mol. The van der Waals surface area contributed by atoms with E-state index in [1.807, 2.05) is 42.6 Å². The molecule has 0 saturated heterocycles. The summed E-state index contributed by atoms with van der Waals surface area (Å²) >= 11 is 9.60. The number of fused-ring (bicyclic) bond motifs is 1. The molecule has 1 aromatic heterocycles. The second-order valence-corrected chi connectivity index (χ2v) is 7.46. The third-order valence-electron chi connectivity index (χ3n) is 4.41. The molecule has 0 atom stereocenters. The zero-order valence-electron chi connectivity index (χ0n) is 13.8. The topological polar surface area (TPSA) is 46.1 Å². The normalized spacial score (nSPS) is 13.4. The predicted octanol–water partition coefficient (Wildman–Crippen LogP) is 4.76. The van der Waals surface area contributed by atoms with E-state index in [-0.39, 0.29) is 5.91 Å². The number of carbonyl (C=O) groups excluding carboxylic acids is 1. The van der Waals surface area contributed by atoms with Gasteiger partial charge in [-0.2, -0.15) is 0 Å². The van der Waals surface area contributed by atoms with Gasteiger partial charge >= 0.3 is 0 Å². The Kier molecular flexibility index (Phi) is 4.74. The maximum Gasteiger partial charge on any atom is 0.255 e. The number of hydrogen-bond donors (Lipinski definition) is 0. The van der Waals surface area contributed by atoms with E-state index < -0.39 is 0 Å². The molecule has 2 heterocycles. The lowest BCUT2D eigenvalue weighted by Crippen LogP contribution is -2.36. The second kappa shape index (κ2) is 7.17. The van der Waals surface area contributed by atoms with Crippen molar-refractivity contribution in [1.29, 1.82) is 0 Å². The van der Waals surface area contributed by atoms with Gasteiger partial charge in [0.2, 0.25) is 0 Å². The quantitative estimate of drug-likeness (QED) is 0.591. The Bertz CT molecular complexity index is 978. The van der Waals surface area contributed by atoms with Crippen LogP contribution in [0.25, 0.3) is 11.4 Å². The number of nitrogens with zero attached hydrogens (tertiary/aromatic N) is 3. The van der Waals surface area contributed by atoms with Gasteiger partial charge in [-0.1, -0.05) is 57.9 Å². The summed E-state index contributed by atoms with van der Waals surface area (Å²) in [5, 5.41) is 0.458.